The molecule has 2 atom stereocenters. The van der Waals surface area contributed by atoms with Crippen molar-refractivity contribution in [1.82, 2.24) is 0 Å². The molecule has 2 aromatic carbocycles. The molecule has 3 rings (SSSR count). The van der Waals surface area contributed by atoms with Crippen LogP contribution in [0.25, 0.3) is 0 Å². The van der Waals surface area contributed by atoms with E-state index < -0.39 is 18.2 Å². The minimum atomic E-state index is -1.22. The van der Waals surface area contributed by atoms with Crippen molar-refractivity contribution in [2.45, 2.75) is 12.2 Å². The van der Waals surface area contributed by atoms with Gasteiger partial charge in [-0.05, 0) is 24.3 Å². The molecule has 0 bridgehead atoms. The molecule has 0 spiro atoms. The maximum atomic E-state index is 11.5. The fourth-order valence-corrected chi connectivity index (χ4v) is 2.83. The maximum Gasteiger partial charge on any atom is 0.349 e. The second-order valence-corrected chi connectivity index (χ2v) is 5.31. The van der Waals surface area contributed by atoms with Gasteiger partial charge in [-0.15, -0.1) is 0 Å². The summed E-state index contributed by atoms with van der Waals surface area (Å²) in [6.45, 7) is 0. The number of carbonyl (C=O) groups is 1. The number of benzene rings is 2. The summed E-state index contributed by atoms with van der Waals surface area (Å²) in [6, 6.07) is 11.8. The predicted octanol–water partition coefficient (Wildman–Crippen LogP) is 3.96. The Morgan fingerprint density at radius 2 is 1.52 bits per heavy atom. The average Bonchev–Trinajstić information content (AvgIpc) is 2.46. The van der Waals surface area contributed by atoms with E-state index in [0.717, 1.165) is 0 Å². The van der Waals surface area contributed by atoms with Crippen LogP contribution in [0.5, 0.6) is 11.5 Å². The van der Waals surface area contributed by atoms with Gasteiger partial charge in [0.25, 0.3) is 0 Å². The van der Waals surface area contributed by atoms with Crippen molar-refractivity contribution in [2.24, 2.45) is 0 Å². The summed E-state index contributed by atoms with van der Waals surface area (Å²) in [5, 5.41) is 10.1. The number of rotatable bonds is 2. The Labute approximate surface area is 130 Å². The average molecular weight is 325 g/mol. The smallest absolute Gasteiger partial charge is 0.349 e. The van der Waals surface area contributed by atoms with Crippen molar-refractivity contribution in [3.63, 3.8) is 0 Å². The van der Waals surface area contributed by atoms with Gasteiger partial charge in [-0.3, -0.25) is 0 Å². The predicted molar refractivity (Wildman–Crippen MR) is 78.3 cm³/mol. The topological polar surface area (TPSA) is 55.8 Å². The van der Waals surface area contributed by atoms with Crippen molar-refractivity contribution in [3.8, 4) is 11.5 Å². The van der Waals surface area contributed by atoms with Crippen LogP contribution >= 0.6 is 23.2 Å². The Hall–Kier alpha value is -1.91. The molecule has 2 unspecified atom stereocenters. The molecule has 2 aromatic rings. The van der Waals surface area contributed by atoms with Crippen LogP contribution in [0.4, 0.5) is 0 Å². The molecule has 0 aromatic heterocycles. The highest BCUT2D eigenvalue weighted by molar-refractivity contribution is 6.36. The number of fused-ring (bicyclic) bond motifs is 1. The summed E-state index contributed by atoms with van der Waals surface area (Å²) < 4.78 is 11.3. The van der Waals surface area contributed by atoms with Gasteiger partial charge in [-0.2, -0.15) is 0 Å². The van der Waals surface area contributed by atoms with E-state index in [4.69, 9.17) is 32.7 Å². The minimum Gasteiger partial charge on any atom is -0.478 e. The fraction of sp³-hybridized carbons (Fsp3) is 0.133. The number of carboxylic acid groups (broad SMARTS) is 1. The lowest BCUT2D eigenvalue weighted by molar-refractivity contribution is -0.151. The van der Waals surface area contributed by atoms with Gasteiger partial charge in [0.05, 0.1) is 0 Å². The van der Waals surface area contributed by atoms with Crippen LogP contribution in [0, 0.1) is 0 Å². The van der Waals surface area contributed by atoms with E-state index in [1.54, 1.807) is 42.5 Å². The first-order valence-corrected chi connectivity index (χ1v) is 6.92. The number of hydrogen-bond donors (Lipinski definition) is 1. The van der Waals surface area contributed by atoms with Crippen LogP contribution in [0.15, 0.2) is 42.5 Å². The van der Waals surface area contributed by atoms with Crippen molar-refractivity contribution < 1.29 is 19.4 Å². The number of hydrogen-bond acceptors (Lipinski definition) is 3. The molecule has 1 aliphatic heterocycles. The lowest BCUT2D eigenvalue weighted by Gasteiger charge is -2.32. The SMILES string of the molecule is O=C(O)C1Oc2ccccc2OC1c1c(Cl)cccc1Cl. The second kappa shape index (κ2) is 5.47. The third-order valence-electron chi connectivity index (χ3n) is 3.16. The van der Waals surface area contributed by atoms with E-state index in [1.165, 1.54) is 0 Å². The molecule has 0 saturated carbocycles. The molecule has 6 heteroatoms. The summed E-state index contributed by atoms with van der Waals surface area (Å²) in [6.07, 6.45) is -2.14. The van der Waals surface area contributed by atoms with E-state index in [-0.39, 0.29) is 0 Å². The van der Waals surface area contributed by atoms with Crippen LogP contribution in [0.3, 0.4) is 0 Å². The quantitative estimate of drug-likeness (QED) is 0.908. The maximum absolute atomic E-state index is 11.5. The first-order valence-electron chi connectivity index (χ1n) is 6.17. The third kappa shape index (κ3) is 2.52. The molecule has 0 fully saturated rings. The largest absolute Gasteiger partial charge is 0.478 e. The summed E-state index contributed by atoms with van der Waals surface area (Å²) in [4.78, 5) is 11.5. The van der Waals surface area contributed by atoms with Gasteiger partial charge >= 0.3 is 5.97 Å². The molecule has 4 nitrogen and oxygen atoms in total. The van der Waals surface area contributed by atoms with E-state index in [2.05, 4.69) is 0 Å². The first-order chi connectivity index (χ1) is 10.1. The Kier molecular flexibility index (Phi) is 3.66. The highest BCUT2D eigenvalue weighted by Crippen LogP contribution is 2.43. The summed E-state index contributed by atoms with van der Waals surface area (Å²) in [5.74, 6) is -0.314. The normalized spacial score (nSPS) is 20.1. The van der Waals surface area contributed by atoms with Crippen LogP contribution in [-0.2, 0) is 4.79 Å². The minimum absolute atomic E-state index is 0.335. The van der Waals surface area contributed by atoms with E-state index in [1.807, 2.05) is 0 Å². The molecule has 1 N–H and O–H groups in total. The number of para-hydroxylation sites is 2. The van der Waals surface area contributed by atoms with Gasteiger partial charge in [0.2, 0.25) is 6.10 Å². The summed E-state index contributed by atoms with van der Waals surface area (Å²) in [5.41, 5.74) is 0.405. The van der Waals surface area contributed by atoms with Gasteiger partial charge in [0, 0.05) is 15.6 Å². The van der Waals surface area contributed by atoms with E-state index >= 15 is 0 Å². The van der Waals surface area contributed by atoms with Crippen LogP contribution in [0.1, 0.15) is 11.7 Å². The monoisotopic (exact) mass is 324 g/mol. The number of halogens is 2. The van der Waals surface area contributed by atoms with Gasteiger partial charge < -0.3 is 14.6 Å². The Morgan fingerprint density at radius 1 is 0.952 bits per heavy atom. The molecular weight excluding hydrogens is 315 g/mol. The molecule has 0 aliphatic carbocycles. The molecule has 21 heavy (non-hydrogen) atoms. The Balaban J connectivity index is 2.10. The number of ether oxygens (including phenoxy) is 2. The van der Waals surface area contributed by atoms with Gasteiger partial charge in [0.15, 0.2) is 17.6 Å². The van der Waals surface area contributed by atoms with Crippen molar-refractivity contribution in [2.75, 3.05) is 0 Å². The van der Waals surface area contributed by atoms with Crippen molar-refractivity contribution >= 4 is 29.2 Å². The zero-order valence-electron chi connectivity index (χ0n) is 10.6. The summed E-state index contributed by atoms with van der Waals surface area (Å²) >= 11 is 12.3. The molecule has 108 valence electrons. The second-order valence-electron chi connectivity index (χ2n) is 4.50. The van der Waals surface area contributed by atoms with Crippen LogP contribution < -0.4 is 9.47 Å². The molecule has 1 aliphatic rings. The van der Waals surface area contributed by atoms with E-state index in [9.17, 15) is 9.90 Å². The van der Waals surface area contributed by atoms with Crippen molar-refractivity contribution in [3.05, 3.63) is 58.1 Å². The number of carboxylic acids is 1. The lowest BCUT2D eigenvalue weighted by Crippen LogP contribution is -2.39. The molecule has 1 heterocycles. The van der Waals surface area contributed by atoms with Gasteiger partial charge in [-0.25, -0.2) is 4.79 Å². The lowest BCUT2D eigenvalue weighted by atomic mass is 10.0. The van der Waals surface area contributed by atoms with Gasteiger partial charge in [-0.1, -0.05) is 41.4 Å². The zero-order chi connectivity index (χ0) is 15.0. The fourth-order valence-electron chi connectivity index (χ4n) is 2.21. The van der Waals surface area contributed by atoms with Crippen LogP contribution in [-0.4, -0.2) is 17.2 Å². The highest BCUT2D eigenvalue weighted by Gasteiger charge is 2.40. The molecule has 0 amide bonds. The Morgan fingerprint density at radius 3 is 2.10 bits per heavy atom. The van der Waals surface area contributed by atoms with Gasteiger partial charge in [0.1, 0.15) is 0 Å². The van der Waals surface area contributed by atoms with Crippen LogP contribution in [0.2, 0.25) is 10.0 Å². The number of aliphatic carboxylic acids is 1. The molecule has 0 saturated heterocycles. The van der Waals surface area contributed by atoms with E-state index in [0.29, 0.717) is 27.1 Å². The Bertz CT molecular complexity index is 682. The molecule has 0 radical (unpaired) electrons. The highest BCUT2D eigenvalue weighted by atomic mass is 35.5. The summed E-state index contributed by atoms with van der Waals surface area (Å²) in [7, 11) is 0. The van der Waals surface area contributed by atoms with Crippen molar-refractivity contribution in [1.29, 1.82) is 0 Å². The first kappa shape index (κ1) is 14.0. The molecular formula is C15H10Cl2O4. The standard InChI is InChI=1S/C15H10Cl2O4/c16-8-4-3-5-9(17)12(8)13-14(15(18)19)21-11-7-2-1-6-10(11)20-13/h1-7,13-14H,(H,18,19). The zero-order valence-corrected chi connectivity index (χ0v) is 12.1. The third-order valence-corrected chi connectivity index (χ3v) is 3.82.